The Hall–Kier alpha value is -2.34. The molecule has 0 aliphatic rings. The minimum Gasteiger partial charge on any atom is -0.326 e. The summed E-state index contributed by atoms with van der Waals surface area (Å²) in [5, 5.41) is 2.85. The number of rotatable bonds is 5. The van der Waals surface area contributed by atoms with Crippen LogP contribution in [0.4, 0.5) is 11.4 Å². The fourth-order valence-electron chi connectivity index (χ4n) is 2.13. The fraction of sp³-hybridized carbons (Fsp3) is 0.235. The Morgan fingerprint density at radius 2 is 1.78 bits per heavy atom. The van der Waals surface area contributed by atoms with Gasteiger partial charge in [-0.2, -0.15) is 0 Å². The Balaban J connectivity index is 2.02. The van der Waals surface area contributed by atoms with Gasteiger partial charge in [-0.05, 0) is 42.3 Å². The van der Waals surface area contributed by atoms with Crippen LogP contribution in [-0.4, -0.2) is 27.6 Å². The maximum absolute atomic E-state index is 12.1. The SMILES string of the molecule is Cc1cccc(NC(=O)Cc2ccc(N(C)S(C)(=O)=O)cc2)c1. The summed E-state index contributed by atoms with van der Waals surface area (Å²) in [4.78, 5) is 12.1. The third-order valence-corrected chi connectivity index (χ3v) is 4.67. The number of sulfonamides is 1. The Morgan fingerprint density at radius 1 is 1.13 bits per heavy atom. The van der Waals surface area contributed by atoms with Crippen LogP contribution in [0.5, 0.6) is 0 Å². The average Bonchev–Trinajstić information content (AvgIpc) is 2.46. The van der Waals surface area contributed by atoms with E-state index in [9.17, 15) is 13.2 Å². The van der Waals surface area contributed by atoms with Gasteiger partial charge in [-0.3, -0.25) is 9.10 Å². The van der Waals surface area contributed by atoms with Crippen molar-refractivity contribution in [3.8, 4) is 0 Å². The van der Waals surface area contributed by atoms with Crippen molar-refractivity contribution in [2.45, 2.75) is 13.3 Å². The lowest BCUT2D eigenvalue weighted by atomic mass is 10.1. The van der Waals surface area contributed by atoms with E-state index in [0.29, 0.717) is 5.69 Å². The van der Waals surface area contributed by atoms with E-state index in [1.807, 2.05) is 31.2 Å². The maximum atomic E-state index is 12.1. The number of aryl methyl sites for hydroxylation is 1. The van der Waals surface area contributed by atoms with Crippen LogP contribution in [0, 0.1) is 6.92 Å². The Morgan fingerprint density at radius 3 is 2.35 bits per heavy atom. The van der Waals surface area contributed by atoms with Crippen LogP contribution < -0.4 is 9.62 Å². The molecule has 1 amide bonds. The van der Waals surface area contributed by atoms with Crippen LogP contribution >= 0.6 is 0 Å². The predicted molar refractivity (Wildman–Crippen MR) is 93.2 cm³/mol. The highest BCUT2D eigenvalue weighted by Crippen LogP contribution is 2.17. The molecule has 23 heavy (non-hydrogen) atoms. The molecule has 0 aliphatic carbocycles. The molecule has 0 heterocycles. The van der Waals surface area contributed by atoms with Crippen LogP contribution in [0.25, 0.3) is 0 Å². The predicted octanol–water partition coefficient (Wildman–Crippen LogP) is 2.57. The van der Waals surface area contributed by atoms with Crippen LogP contribution in [0.3, 0.4) is 0 Å². The molecule has 0 atom stereocenters. The standard InChI is InChI=1S/C17H20N2O3S/c1-13-5-4-6-15(11-13)18-17(20)12-14-7-9-16(10-8-14)19(2)23(3,21)22/h4-11H,12H2,1-3H3,(H,18,20). The van der Waals surface area contributed by atoms with Crippen molar-refractivity contribution in [2.24, 2.45) is 0 Å². The molecule has 122 valence electrons. The van der Waals surface area contributed by atoms with E-state index in [1.54, 1.807) is 24.3 Å². The number of hydrogen-bond donors (Lipinski definition) is 1. The first-order valence-corrected chi connectivity index (χ1v) is 9.00. The number of carbonyl (C=O) groups excluding carboxylic acids is 1. The molecule has 2 rings (SSSR count). The highest BCUT2D eigenvalue weighted by Gasteiger charge is 2.12. The van der Waals surface area contributed by atoms with E-state index < -0.39 is 10.0 Å². The second-order valence-corrected chi connectivity index (χ2v) is 7.51. The van der Waals surface area contributed by atoms with Gasteiger partial charge < -0.3 is 5.32 Å². The van der Waals surface area contributed by atoms with Crippen molar-refractivity contribution in [3.63, 3.8) is 0 Å². The molecule has 6 heteroatoms. The van der Waals surface area contributed by atoms with Gasteiger partial charge in [0, 0.05) is 12.7 Å². The van der Waals surface area contributed by atoms with Gasteiger partial charge >= 0.3 is 0 Å². The van der Waals surface area contributed by atoms with Gasteiger partial charge in [-0.1, -0.05) is 24.3 Å². The highest BCUT2D eigenvalue weighted by atomic mass is 32.2. The molecular weight excluding hydrogens is 312 g/mol. The molecule has 5 nitrogen and oxygen atoms in total. The monoisotopic (exact) mass is 332 g/mol. The number of carbonyl (C=O) groups is 1. The van der Waals surface area contributed by atoms with Gasteiger partial charge in [0.25, 0.3) is 0 Å². The fourth-order valence-corrected chi connectivity index (χ4v) is 2.63. The minimum atomic E-state index is -3.28. The van der Waals surface area contributed by atoms with Gasteiger partial charge in [0.2, 0.25) is 15.9 Å². The number of benzene rings is 2. The van der Waals surface area contributed by atoms with Gasteiger partial charge in [-0.15, -0.1) is 0 Å². The van der Waals surface area contributed by atoms with E-state index in [2.05, 4.69) is 5.32 Å². The summed E-state index contributed by atoms with van der Waals surface area (Å²) in [6.45, 7) is 1.96. The zero-order valence-corrected chi connectivity index (χ0v) is 14.2. The molecule has 0 unspecified atom stereocenters. The zero-order valence-electron chi connectivity index (χ0n) is 13.4. The lowest BCUT2D eigenvalue weighted by Crippen LogP contribution is -2.24. The van der Waals surface area contributed by atoms with E-state index >= 15 is 0 Å². The Kier molecular flexibility index (Phi) is 5.05. The summed E-state index contributed by atoms with van der Waals surface area (Å²) in [5.74, 6) is -0.111. The van der Waals surface area contributed by atoms with Gasteiger partial charge in [-0.25, -0.2) is 8.42 Å². The highest BCUT2D eigenvalue weighted by molar-refractivity contribution is 7.92. The number of amides is 1. The molecule has 0 saturated heterocycles. The minimum absolute atomic E-state index is 0.111. The van der Waals surface area contributed by atoms with Gasteiger partial charge in [0.1, 0.15) is 0 Å². The summed E-state index contributed by atoms with van der Waals surface area (Å²) in [5.41, 5.74) is 3.23. The quantitative estimate of drug-likeness (QED) is 0.915. The van der Waals surface area contributed by atoms with E-state index in [-0.39, 0.29) is 12.3 Å². The van der Waals surface area contributed by atoms with Gasteiger partial charge in [0.15, 0.2) is 0 Å². The smallest absolute Gasteiger partial charge is 0.231 e. The lowest BCUT2D eigenvalue weighted by molar-refractivity contribution is -0.115. The van der Waals surface area contributed by atoms with Crippen LogP contribution in [0.1, 0.15) is 11.1 Å². The van der Waals surface area contributed by atoms with E-state index in [0.717, 1.165) is 23.1 Å². The van der Waals surface area contributed by atoms with Crippen LogP contribution in [0.15, 0.2) is 48.5 Å². The molecule has 0 radical (unpaired) electrons. The van der Waals surface area contributed by atoms with Crippen molar-refractivity contribution >= 4 is 27.3 Å². The van der Waals surface area contributed by atoms with Crippen molar-refractivity contribution < 1.29 is 13.2 Å². The molecule has 0 aromatic heterocycles. The van der Waals surface area contributed by atoms with Crippen molar-refractivity contribution in [1.29, 1.82) is 0 Å². The molecule has 0 bridgehead atoms. The molecule has 1 N–H and O–H groups in total. The molecule has 2 aromatic carbocycles. The third-order valence-electron chi connectivity index (χ3n) is 3.46. The largest absolute Gasteiger partial charge is 0.326 e. The molecule has 0 spiro atoms. The summed E-state index contributed by atoms with van der Waals surface area (Å²) < 4.78 is 24.2. The first-order chi connectivity index (χ1) is 10.8. The maximum Gasteiger partial charge on any atom is 0.231 e. The average molecular weight is 332 g/mol. The summed E-state index contributed by atoms with van der Waals surface area (Å²) in [6, 6.07) is 14.5. The molecule has 2 aromatic rings. The normalized spacial score (nSPS) is 11.1. The zero-order chi connectivity index (χ0) is 17.0. The summed E-state index contributed by atoms with van der Waals surface area (Å²) in [7, 11) is -1.79. The number of anilines is 2. The second-order valence-electron chi connectivity index (χ2n) is 5.49. The molecule has 0 aliphatic heterocycles. The topological polar surface area (TPSA) is 66.5 Å². The van der Waals surface area contributed by atoms with Crippen molar-refractivity contribution in [2.75, 3.05) is 22.9 Å². The molecule has 0 saturated carbocycles. The number of nitrogens with one attached hydrogen (secondary N) is 1. The van der Waals surface area contributed by atoms with Crippen molar-refractivity contribution in [3.05, 3.63) is 59.7 Å². The van der Waals surface area contributed by atoms with Gasteiger partial charge in [0.05, 0.1) is 18.4 Å². The third kappa shape index (κ3) is 4.82. The van der Waals surface area contributed by atoms with E-state index in [1.165, 1.54) is 11.4 Å². The first-order valence-electron chi connectivity index (χ1n) is 7.15. The Bertz CT molecular complexity index is 799. The number of hydrogen-bond acceptors (Lipinski definition) is 3. The summed E-state index contributed by atoms with van der Waals surface area (Å²) in [6.07, 6.45) is 1.38. The van der Waals surface area contributed by atoms with Crippen LogP contribution in [-0.2, 0) is 21.2 Å². The molecular formula is C17H20N2O3S. The molecule has 0 fully saturated rings. The lowest BCUT2D eigenvalue weighted by Gasteiger charge is -2.16. The first kappa shape index (κ1) is 17.0. The Labute approximate surface area is 137 Å². The van der Waals surface area contributed by atoms with Crippen molar-refractivity contribution in [1.82, 2.24) is 0 Å². The second kappa shape index (κ2) is 6.83. The summed E-state index contributed by atoms with van der Waals surface area (Å²) >= 11 is 0. The number of nitrogens with zero attached hydrogens (tertiary/aromatic N) is 1. The van der Waals surface area contributed by atoms with E-state index in [4.69, 9.17) is 0 Å². The van der Waals surface area contributed by atoms with Crippen LogP contribution in [0.2, 0.25) is 0 Å².